The number of nitrogens with two attached hydrogens (primary N) is 1. The lowest BCUT2D eigenvalue weighted by molar-refractivity contribution is 0.335. The predicted octanol–water partition coefficient (Wildman–Crippen LogP) is 3.50. The summed E-state index contributed by atoms with van der Waals surface area (Å²) in [5.74, 6) is 1.62. The van der Waals surface area contributed by atoms with Gasteiger partial charge in [0, 0.05) is 10.5 Å². The van der Waals surface area contributed by atoms with Gasteiger partial charge in [-0.2, -0.15) is 4.98 Å². The van der Waals surface area contributed by atoms with Crippen molar-refractivity contribution in [2.45, 2.75) is 31.2 Å². The number of hydrogen-bond donors (Lipinski definition) is 1. The van der Waals surface area contributed by atoms with Crippen molar-refractivity contribution in [3.8, 4) is 11.4 Å². The van der Waals surface area contributed by atoms with Gasteiger partial charge in [-0.05, 0) is 42.9 Å². The van der Waals surface area contributed by atoms with E-state index in [9.17, 15) is 0 Å². The van der Waals surface area contributed by atoms with Crippen molar-refractivity contribution in [3.63, 3.8) is 0 Å². The van der Waals surface area contributed by atoms with Crippen molar-refractivity contribution in [1.29, 1.82) is 0 Å². The van der Waals surface area contributed by atoms with Crippen molar-refractivity contribution in [3.05, 3.63) is 30.2 Å². The molecule has 102 valence electrons. The molecule has 0 aliphatic heterocycles. The predicted molar refractivity (Wildman–Crippen MR) is 77.9 cm³/mol. The minimum absolute atomic E-state index is 0.188. The van der Waals surface area contributed by atoms with E-state index in [4.69, 9.17) is 10.3 Å². The van der Waals surface area contributed by atoms with Crippen LogP contribution in [0.15, 0.2) is 33.7 Å². The van der Waals surface area contributed by atoms with E-state index in [0.717, 1.165) is 12.0 Å². The number of rotatable bonds is 5. The van der Waals surface area contributed by atoms with E-state index in [2.05, 4.69) is 24.0 Å². The van der Waals surface area contributed by atoms with Crippen LogP contribution in [0.25, 0.3) is 11.4 Å². The molecule has 0 unspecified atom stereocenters. The zero-order valence-electron chi connectivity index (χ0n) is 11.5. The Morgan fingerprint density at radius 1 is 1.26 bits per heavy atom. The van der Waals surface area contributed by atoms with Gasteiger partial charge in [-0.25, -0.2) is 0 Å². The normalized spacial score (nSPS) is 12.9. The van der Waals surface area contributed by atoms with Gasteiger partial charge in [-0.15, -0.1) is 11.8 Å². The van der Waals surface area contributed by atoms with Gasteiger partial charge in [0.25, 0.3) is 0 Å². The number of thioether (sulfide) groups is 1. The molecule has 0 bridgehead atoms. The molecule has 2 N–H and O–H groups in total. The molecule has 1 atom stereocenters. The second-order valence-electron chi connectivity index (χ2n) is 4.92. The second-order valence-corrected chi connectivity index (χ2v) is 5.80. The van der Waals surface area contributed by atoms with Crippen LogP contribution in [0.2, 0.25) is 0 Å². The lowest BCUT2D eigenvalue weighted by Crippen LogP contribution is -2.13. The van der Waals surface area contributed by atoms with E-state index >= 15 is 0 Å². The van der Waals surface area contributed by atoms with Crippen LogP contribution in [-0.2, 0) is 0 Å². The van der Waals surface area contributed by atoms with Crippen LogP contribution in [0.1, 0.15) is 32.2 Å². The molecule has 0 radical (unpaired) electrons. The van der Waals surface area contributed by atoms with Crippen LogP contribution in [0.4, 0.5) is 0 Å². The maximum absolute atomic E-state index is 6.03. The summed E-state index contributed by atoms with van der Waals surface area (Å²) in [4.78, 5) is 5.59. The fourth-order valence-corrected chi connectivity index (χ4v) is 2.26. The Morgan fingerprint density at radius 2 is 1.95 bits per heavy atom. The summed E-state index contributed by atoms with van der Waals surface area (Å²) in [6.07, 6.45) is 2.89. The van der Waals surface area contributed by atoms with Crippen LogP contribution < -0.4 is 5.73 Å². The van der Waals surface area contributed by atoms with Gasteiger partial charge in [0.1, 0.15) is 0 Å². The third-order valence-electron chi connectivity index (χ3n) is 2.83. The molecular formula is C14H19N3OS. The van der Waals surface area contributed by atoms with E-state index in [0.29, 0.717) is 17.6 Å². The molecule has 0 saturated heterocycles. The molecule has 1 heterocycles. The van der Waals surface area contributed by atoms with E-state index in [1.54, 1.807) is 11.8 Å². The SMILES string of the molecule is CSc1ccc(-c2noc([C@H](N)CC(C)C)n2)cc1. The second kappa shape index (κ2) is 6.21. The zero-order chi connectivity index (χ0) is 13.8. The van der Waals surface area contributed by atoms with Crippen molar-refractivity contribution >= 4 is 11.8 Å². The van der Waals surface area contributed by atoms with E-state index in [1.807, 2.05) is 30.5 Å². The fourth-order valence-electron chi connectivity index (χ4n) is 1.85. The fraction of sp³-hybridized carbons (Fsp3) is 0.429. The highest BCUT2D eigenvalue weighted by Crippen LogP contribution is 2.23. The van der Waals surface area contributed by atoms with Gasteiger partial charge in [0.15, 0.2) is 0 Å². The molecule has 5 heteroatoms. The van der Waals surface area contributed by atoms with Crippen molar-refractivity contribution < 1.29 is 4.52 Å². The Labute approximate surface area is 117 Å². The Balaban J connectivity index is 2.15. The summed E-state index contributed by atoms with van der Waals surface area (Å²) >= 11 is 1.71. The summed E-state index contributed by atoms with van der Waals surface area (Å²) in [6.45, 7) is 4.25. The summed E-state index contributed by atoms with van der Waals surface area (Å²) in [5, 5.41) is 4.00. The van der Waals surface area contributed by atoms with Crippen LogP contribution in [-0.4, -0.2) is 16.4 Å². The van der Waals surface area contributed by atoms with Gasteiger partial charge >= 0.3 is 0 Å². The maximum Gasteiger partial charge on any atom is 0.243 e. The van der Waals surface area contributed by atoms with Gasteiger partial charge in [0.05, 0.1) is 6.04 Å². The molecule has 0 spiro atoms. The topological polar surface area (TPSA) is 64.9 Å². The lowest BCUT2D eigenvalue weighted by atomic mass is 10.0. The minimum Gasteiger partial charge on any atom is -0.337 e. The number of aromatic nitrogens is 2. The smallest absolute Gasteiger partial charge is 0.243 e. The molecule has 0 fully saturated rings. The molecule has 19 heavy (non-hydrogen) atoms. The molecule has 2 aromatic rings. The molecule has 0 aliphatic rings. The number of benzene rings is 1. The Morgan fingerprint density at radius 3 is 2.53 bits per heavy atom. The standard InChI is InChI=1S/C14H19N3OS/c1-9(2)8-12(15)14-16-13(17-18-14)10-4-6-11(19-3)7-5-10/h4-7,9,12H,8,15H2,1-3H3/t12-/m1/s1. The highest BCUT2D eigenvalue weighted by molar-refractivity contribution is 7.98. The Bertz CT molecular complexity index is 522. The van der Waals surface area contributed by atoms with Gasteiger partial charge in [-0.3, -0.25) is 0 Å². The molecule has 1 aromatic heterocycles. The summed E-state index contributed by atoms with van der Waals surface area (Å²) < 4.78 is 5.25. The van der Waals surface area contributed by atoms with E-state index in [1.165, 1.54) is 4.90 Å². The summed E-state index contributed by atoms with van der Waals surface area (Å²) in [6, 6.07) is 7.89. The third kappa shape index (κ3) is 3.58. The highest BCUT2D eigenvalue weighted by Gasteiger charge is 2.16. The van der Waals surface area contributed by atoms with Crippen LogP contribution >= 0.6 is 11.8 Å². The Kier molecular flexibility index (Phi) is 4.61. The summed E-state index contributed by atoms with van der Waals surface area (Å²) in [7, 11) is 0. The lowest BCUT2D eigenvalue weighted by Gasteiger charge is -2.08. The largest absolute Gasteiger partial charge is 0.337 e. The monoisotopic (exact) mass is 277 g/mol. The molecule has 0 aliphatic carbocycles. The molecule has 1 aromatic carbocycles. The molecule has 4 nitrogen and oxygen atoms in total. The maximum atomic E-state index is 6.03. The minimum atomic E-state index is -0.188. The van der Waals surface area contributed by atoms with Gasteiger partial charge in [-0.1, -0.05) is 19.0 Å². The first-order valence-electron chi connectivity index (χ1n) is 6.33. The number of hydrogen-bond acceptors (Lipinski definition) is 5. The van der Waals surface area contributed by atoms with Gasteiger partial charge in [0.2, 0.25) is 11.7 Å². The van der Waals surface area contributed by atoms with Crippen molar-refractivity contribution in [2.24, 2.45) is 11.7 Å². The average molecular weight is 277 g/mol. The summed E-state index contributed by atoms with van der Waals surface area (Å²) in [5.41, 5.74) is 6.98. The van der Waals surface area contributed by atoms with E-state index in [-0.39, 0.29) is 6.04 Å². The van der Waals surface area contributed by atoms with E-state index < -0.39 is 0 Å². The quantitative estimate of drug-likeness (QED) is 0.847. The molecule has 2 rings (SSSR count). The van der Waals surface area contributed by atoms with Crippen LogP contribution in [0.3, 0.4) is 0 Å². The van der Waals surface area contributed by atoms with Crippen molar-refractivity contribution in [1.82, 2.24) is 10.1 Å². The molecule has 0 amide bonds. The van der Waals surface area contributed by atoms with Crippen LogP contribution in [0, 0.1) is 5.92 Å². The molecule has 0 saturated carbocycles. The third-order valence-corrected chi connectivity index (χ3v) is 3.58. The van der Waals surface area contributed by atoms with Crippen molar-refractivity contribution in [2.75, 3.05) is 6.26 Å². The highest BCUT2D eigenvalue weighted by atomic mass is 32.2. The zero-order valence-corrected chi connectivity index (χ0v) is 12.3. The van der Waals surface area contributed by atoms with Gasteiger partial charge < -0.3 is 10.3 Å². The first-order valence-corrected chi connectivity index (χ1v) is 7.56. The Hall–Kier alpha value is -1.33. The molecular weight excluding hydrogens is 258 g/mol. The number of nitrogens with zero attached hydrogens (tertiary/aromatic N) is 2. The first-order chi connectivity index (χ1) is 9.10. The van der Waals surface area contributed by atoms with Crippen LogP contribution in [0.5, 0.6) is 0 Å². The first kappa shape index (κ1) is 14.1. The average Bonchev–Trinajstić information content (AvgIpc) is 2.88.